The Morgan fingerprint density at radius 3 is 3.00 bits per heavy atom. The number of para-hydroxylation sites is 1. The maximum atomic E-state index is 12.7. The van der Waals surface area contributed by atoms with Gasteiger partial charge >= 0.3 is 0 Å². The highest BCUT2D eigenvalue weighted by molar-refractivity contribution is 5.92. The zero-order valence-electron chi connectivity index (χ0n) is 12.8. The Kier molecular flexibility index (Phi) is 3.63. The smallest absolute Gasteiger partial charge is 0.270 e. The third kappa shape index (κ3) is 2.64. The molecule has 2 N–H and O–H groups in total. The molecule has 1 aliphatic rings. The number of nitrogens with one attached hydrogen (secondary N) is 2. The molecule has 1 amide bonds. The van der Waals surface area contributed by atoms with Gasteiger partial charge in [-0.1, -0.05) is 18.2 Å². The first-order valence-electron chi connectivity index (χ1n) is 7.90. The zero-order chi connectivity index (χ0) is 15.6. The third-order valence-electron chi connectivity index (χ3n) is 4.45. The van der Waals surface area contributed by atoms with Crippen molar-refractivity contribution in [2.45, 2.75) is 12.5 Å². The maximum Gasteiger partial charge on any atom is 0.270 e. The van der Waals surface area contributed by atoms with Gasteiger partial charge in [0.2, 0.25) is 0 Å². The van der Waals surface area contributed by atoms with Gasteiger partial charge in [0, 0.05) is 29.8 Å². The van der Waals surface area contributed by atoms with E-state index >= 15 is 0 Å². The average molecular weight is 309 g/mol. The lowest BCUT2D eigenvalue weighted by atomic mass is 10.0. The van der Waals surface area contributed by atoms with E-state index in [0.29, 0.717) is 25.5 Å². The number of carbonyl (C=O) groups is 1. The predicted molar refractivity (Wildman–Crippen MR) is 88.4 cm³/mol. The second-order valence-corrected chi connectivity index (χ2v) is 5.87. The number of fused-ring (bicyclic) bond motifs is 1. The van der Waals surface area contributed by atoms with Gasteiger partial charge in [-0.05, 0) is 30.2 Å². The van der Waals surface area contributed by atoms with Crippen molar-refractivity contribution in [3.8, 4) is 0 Å². The van der Waals surface area contributed by atoms with E-state index in [1.54, 1.807) is 6.20 Å². The number of carbonyl (C=O) groups excluding carboxylic acids is 1. The Bertz CT molecular complexity index is 807. The standard InChI is InChI=1S/C18H19N3O2/c22-18(17-6-3-7-19-17)21-8-9-23-12-14(21)10-13-11-20-16-5-2-1-4-15(13)16/h1-7,11,14,19-20H,8-10,12H2. The molecule has 23 heavy (non-hydrogen) atoms. The molecule has 3 aromatic rings. The van der Waals surface area contributed by atoms with E-state index in [9.17, 15) is 4.79 Å². The van der Waals surface area contributed by atoms with Crippen LogP contribution in [-0.2, 0) is 11.2 Å². The summed E-state index contributed by atoms with van der Waals surface area (Å²) in [4.78, 5) is 20.9. The van der Waals surface area contributed by atoms with Crippen molar-refractivity contribution in [3.63, 3.8) is 0 Å². The van der Waals surface area contributed by atoms with Crippen LogP contribution in [0, 0.1) is 0 Å². The summed E-state index contributed by atoms with van der Waals surface area (Å²) in [5.74, 6) is 0.0446. The van der Waals surface area contributed by atoms with Gasteiger partial charge in [-0.15, -0.1) is 0 Å². The van der Waals surface area contributed by atoms with Gasteiger partial charge < -0.3 is 19.6 Å². The number of aromatic amines is 2. The van der Waals surface area contributed by atoms with Gasteiger partial charge in [0.1, 0.15) is 5.69 Å². The minimum absolute atomic E-state index is 0.0446. The Hall–Kier alpha value is -2.53. The normalized spacial score (nSPS) is 18.4. The van der Waals surface area contributed by atoms with Gasteiger partial charge in [0.25, 0.3) is 5.91 Å². The highest BCUT2D eigenvalue weighted by Crippen LogP contribution is 2.22. The van der Waals surface area contributed by atoms with E-state index < -0.39 is 0 Å². The SMILES string of the molecule is O=C(c1ccc[nH]1)N1CCOCC1Cc1c[nH]c2ccccc12. The number of morpholine rings is 1. The van der Waals surface area contributed by atoms with Crippen LogP contribution >= 0.6 is 0 Å². The maximum absolute atomic E-state index is 12.7. The number of hydrogen-bond donors (Lipinski definition) is 2. The number of H-pyrrole nitrogens is 2. The highest BCUT2D eigenvalue weighted by Gasteiger charge is 2.29. The molecule has 0 radical (unpaired) electrons. The second-order valence-electron chi connectivity index (χ2n) is 5.87. The average Bonchev–Trinajstić information content (AvgIpc) is 3.25. The van der Waals surface area contributed by atoms with E-state index in [1.165, 1.54) is 10.9 Å². The number of aromatic nitrogens is 2. The first kappa shape index (κ1) is 14.1. The van der Waals surface area contributed by atoms with E-state index in [0.717, 1.165) is 11.9 Å². The Morgan fingerprint density at radius 2 is 2.13 bits per heavy atom. The van der Waals surface area contributed by atoms with E-state index in [1.807, 2.05) is 35.4 Å². The van der Waals surface area contributed by atoms with Crippen molar-refractivity contribution in [3.05, 3.63) is 60.0 Å². The van der Waals surface area contributed by atoms with Crippen molar-refractivity contribution in [1.82, 2.24) is 14.9 Å². The molecular weight excluding hydrogens is 290 g/mol. The molecule has 0 bridgehead atoms. The molecule has 5 heteroatoms. The molecule has 1 atom stereocenters. The summed E-state index contributed by atoms with van der Waals surface area (Å²) in [6, 6.07) is 12.0. The van der Waals surface area contributed by atoms with Crippen LogP contribution in [0.5, 0.6) is 0 Å². The molecule has 0 saturated carbocycles. The molecule has 1 aromatic carbocycles. The molecule has 1 fully saturated rings. The van der Waals surface area contributed by atoms with Crippen LogP contribution in [0.2, 0.25) is 0 Å². The molecule has 1 unspecified atom stereocenters. The molecule has 1 aliphatic heterocycles. The van der Waals surface area contributed by atoms with E-state index in [-0.39, 0.29) is 11.9 Å². The molecule has 0 spiro atoms. The number of ether oxygens (including phenoxy) is 1. The van der Waals surface area contributed by atoms with Gasteiger partial charge in [-0.3, -0.25) is 4.79 Å². The number of benzene rings is 1. The van der Waals surface area contributed by atoms with Gasteiger partial charge in [0.05, 0.1) is 19.3 Å². The molecule has 1 saturated heterocycles. The zero-order valence-corrected chi connectivity index (χ0v) is 12.8. The molecule has 3 heterocycles. The molecule has 0 aliphatic carbocycles. The fourth-order valence-corrected chi connectivity index (χ4v) is 3.26. The van der Waals surface area contributed by atoms with E-state index in [4.69, 9.17) is 4.74 Å². The summed E-state index contributed by atoms with van der Waals surface area (Å²) in [5, 5.41) is 1.21. The fourth-order valence-electron chi connectivity index (χ4n) is 3.26. The number of amides is 1. The van der Waals surface area contributed by atoms with Gasteiger partial charge in [-0.25, -0.2) is 0 Å². The fraction of sp³-hybridized carbons (Fsp3) is 0.278. The first-order chi connectivity index (χ1) is 11.3. The largest absolute Gasteiger partial charge is 0.377 e. The molecule has 4 rings (SSSR count). The quantitative estimate of drug-likeness (QED) is 0.781. The van der Waals surface area contributed by atoms with Crippen molar-refractivity contribution < 1.29 is 9.53 Å². The lowest BCUT2D eigenvalue weighted by Crippen LogP contribution is -2.49. The van der Waals surface area contributed by atoms with Gasteiger partial charge in [-0.2, -0.15) is 0 Å². The summed E-state index contributed by atoms with van der Waals surface area (Å²) in [6.07, 6.45) is 4.61. The van der Waals surface area contributed by atoms with Crippen LogP contribution in [0.3, 0.4) is 0 Å². The summed E-state index contributed by atoms with van der Waals surface area (Å²) in [5.41, 5.74) is 2.98. The molecular formula is C18H19N3O2. The highest BCUT2D eigenvalue weighted by atomic mass is 16.5. The number of hydrogen-bond acceptors (Lipinski definition) is 2. The first-order valence-corrected chi connectivity index (χ1v) is 7.90. The van der Waals surface area contributed by atoms with Crippen LogP contribution in [0.4, 0.5) is 0 Å². The van der Waals surface area contributed by atoms with Crippen molar-refractivity contribution >= 4 is 16.8 Å². The van der Waals surface area contributed by atoms with Crippen molar-refractivity contribution in [1.29, 1.82) is 0 Å². The molecule has 5 nitrogen and oxygen atoms in total. The monoisotopic (exact) mass is 309 g/mol. The van der Waals surface area contributed by atoms with Crippen LogP contribution in [0.15, 0.2) is 48.8 Å². The minimum Gasteiger partial charge on any atom is -0.377 e. The number of nitrogens with zero attached hydrogens (tertiary/aromatic N) is 1. The summed E-state index contributed by atoms with van der Waals surface area (Å²) in [7, 11) is 0. The van der Waals surface area contributed by atoms with Gasteiger partial charge in [0.15, 0.2) is 0 Å². The van der Waals surface area contributed by atoms with Crippen LogP contribution < -0.4 is 0 Å². The summed E-state index contributed by atoms with van der Waals surface area (Å²) in [6.45, 7) is 1.80. The third-order valence-corrected chi connectivity index (χ3v) is 4.45. The Morgan fingerprint density at radius 1 is 1.22 bits per heavy atom. The molecule has 2 aromatic heterocycles. The number of rotatable bonds is 3. The molecule has 118 valence electrons. The van der Waals surface area contributed by atoms with Crippen LogP contribution in [-0.4, -0.2) is 46.6 Å². The van der Waals surface area contributed by atoms with Crippen molar-refractivity contribution in [2.24, 2.45) is 0 Å². The second kappa shape index (κ2) is 5.93. The van der Waals surface area contributed by atoms with Crippen LogP contribution in [0.25, 0.3) is 10.9 Å². The Labute approximate surface area is 134 Å². The summed E-state index contributed by atoms with van der Waals surface area (Å²) < 4.78 is 5.63. The minimum atomic E-state index is 0.0446. The van der Waals surface area contributed by atoms with Crippen LogP contribution in [0.1, 0.15) is 16.1 Å². The summed E-state index contributed by atoms with van der Waals surface area (Å²) >= 11 is 0. The predicted octanol–water partition coefficient (Wildman–Crippen LogP) is 2.58. The van der Waals surface area contributed by atoms with Crippen molar-refractivity contribution in [2.75, 3.05) is 19.8 Å². The lowest BCUT2D eigenvalue weighted by Gasteiger charge is -2.35. The van der Waals surface area contributed by atoms with E-state index in [2.05, 4.69) is 22.1 Å². The lowest BCUT2D eigenvalue weighted by molar-refractivity contribution is -0.00183. The topological polar surface area (TPSA) is 61.1 Å². The Balaban J connectivity index is 1.59.